The molecule has 2 nitrogen and oxygen atoms in total. The Kier molecular flexibility index (Phi) is 10.9. The zero-order chi connectivity index (χ0) is 17.9. The van der Waals surface area contributed by atoms with Crippen LogP contribution in [0.2, 0.25) is 0 Å². The first-order valence-corrected chi connectivity index (χ1v) is 9.10. The van der Waals surface area contributed by atoms with Crippen LogP contribution in [0.1, 0.15) is 53.0 Å². The normalized spacial score (nSPS) is 19.7. The zero-order valence-corrected chi connectivity index (χ0v) is 16.7. The van der Waals surface area contributed by atoms with Crippen LogP contribution in [0, 0.1) is 0 Å². The summed E-state index contributed by atoms with van der Waals surface area (Å²) < 4.78 is 0. The van der Waals surface area contributed by atoms with E-state index in [-0.39, 0.29) is 5.54 Å². The second kappa shape index (κ2) is 11.4. The van der Waals surface area contributed by atoms with E-state index in [0.29, 0.717) is 0 Å². The maximum atomic E-state index is 2.47. The van der Waals surface area contributed by atoms with Crippen LogP contribution in [0.4, 0.5) is 0 Å². The number of hydrogen-bond donors (Lipinski definition) is 0. The van der Waals surface area contributed by atoms with Crippen molar-refractivity contribution < 1.29 is 0 Å². The molecule has 0 amide bonds. The molecule has 0 aromatic heterocycles. The van der Waals surface area contributed by atoms with Gasteiger partial charge in [0.2, 0.25) is 0 Å². The Morgan fingerprint density at radius 1 is 0.913 bits per heavy atom. The minimum atomic E-state index is 0.253. The minimum Gasteiger partial charge on any atom is -0.301 e. The van der Waals surface area contributed by atoms with E-state index in [1.165, 1.54) is 18.4 Å². The van der Waals surface area contributed by atoms with Crippen molar-refractivity contribution in [3.63, 3.8) is 0 Å². The van der Waals surface area contributed by atoms with Gasteiger partial charge in [0.05, 0.1) is 0 Å². The van der Waals surface area contributed by atoms with Crippen molar-refractivity contribution in [3.05, 3.63) is 47.5 Å². The van der Waals surface area contributed by atoms with E-state index in [2.05, 4.69) is 74.3 Å². The smallest absolute Gasteiger partial charge is 0.0363 e. The van der Waals surface area contributed by atoms with Crippen molar-refractivity contribution in [2.45, 2.75) is 59.5 Å². The lowest BCUT2D eigenvalue weighted by Crippen LogP contribution is -2.37. The van der Waals surface area contributed by atoms with Crippen molar-refractivity contribution in [1.29, 1.82) is 0 Å². The van der Waals surface area contributed by atoms with Crippen molar-refractivity contribution in [2.24, 2.45) is 0 Å². The molecule has 0 saturated heterocycles. The standard InChI is InChI=1S/C17H26N2.2C2H6/c1-17(18(2)3)11-10-16(12-17)14-19(4)13-15-8-6-5-7-9-15;2*1-2/h5-9,12H,10-11,13-14H2,1-4H3;2*1-2H3. The van der Waals surface area contributed by atoms with Gasteiger partial charge in [0, 0.05) is 18.6 Å². The molecule has 0 spiro atoms. The summed E-state index contributed by atoms with van der Waals surface area (Å²) in [5.41, 5.74) is 3.22. The van der Waals surface area contributed by atoms with Crippen LogP contribution in [0.3, 0.4) is 0 Å². The Labute approximate surface area is 145 Å². The highest BCUT2D eigenvalue weighted by Gasteiger charge is 2.30. The third-order valence-corrected chi connectivity index (χ3v) is 4.26. The molecule has 1 aliphatic rings. The highest BCUT2D eigenvalue weighted by atomic mass is 15.1. The topological polar surface area (TPSA) is 6.48 Å². The summed E-state index contributed by atoms with van der Waals surface area (Å²) in [4.78, 5) is 4.74. The van der Waals surface area contributed by atoms with Gasteiger partial charge in [0.1, 0.15) is 0 Å². The fourth-order valence-electron chi connectivity index (χ4n) is 2.77. The molecule has 0 saturated carbocycles. The first-order valence-electron chi connectivity index (χ1n) is 9.10. The lowest BCUT2D eigenvalue weighted by molar-refractivity contribution is 0.227. The third-order valence-electron chi connectivity index (χ3n) is 4.26. The van der Waals surface area contributed by atoms with E-state index < -0.39 is 0 Å². The van der Waals surface area contributed by atoms with Crippen LogP contribution in [0.15, 0.2) is 42.0 Å². The monoisotopic (exact) mass is 318 g/mol. The Balaban J connectivity index is 0.00000112. The van der Waals surface area contributed by atoms with Gasteiger partial charge < -0.3 is 4.90 Å². The summed E-state index contributed by atoms with van der Waals surface area (Å²) in [5, 5.41) is 0. The first-order chi connectivity index (χ1) is 11.0. The molecular formula is C21H38N2. The molecule has 0 heterocycles. The second-order valence-corrected chi connectivity index (χ2v) is 6.21. The van der Waals surface area contributed by atoms with Crippen LogP contribution in [-0.4, -0.2) is 43.0 Å². The summed E-state index contributed by atoms with van der Waals surface area (Å²) in [5.74, 6) is 0. The van der Waals surface area contributed by atoms with E-state index in [1.807, 2.05) is 27.7 Å². The van der Waals surface area contributed by atoms with Crippen LogP contribution in [-0.2, 0) is 6.54 Å². The summed E-state index contributed by atoms with van der Waals surface area (Å²) >= 11 is 0. The molecule has 0 fully saturated rings. The van der Waals surface area contributed by atoms with Crippen molar-refractivity contribution in [2.75, 3.05) is 27.7 Å². The summed E-state index contributed by atoms with van der Waals surface area (Å²) in [7, 11) is 6.55. The number of hydrogen-bond acceptors (Lipinski definition) is 2. The highest BCUT2D eigenvalue weighted by Crippen LogP contribution is 2.31. The molecule has 23 heavy (non-hydrogen) atoms. The predicted octanol–water partition coefficient (Wildman–Crippen LogP) is 5.21. The summed E-state index contributed by atoms with van der Waals surface area (Å²) in [6, 6.07) is 10.7. The fourth-order valence-corrected chi connectivity index (χ4v) is 2.77. The van der Waals surface area contributed by atoms with Crippen molar-refractivity contribution in [1.82, 2.24) is 9.80 Å². The van der Waals surface area contributed by atoms with Gasteiger partial charge in [0.25, 0.3) is 0 Å². The van der Waals surface area contributed by atoms with Crippen molar-refractivity contribution >= 4 is 0 Å². The van der Waals surface area contributed by atoms with E-state index in [4.69, 9.17) is 0 Å². The minimum absolute atomic E-state index is 0.253. The van der Waals surface area contributed by atoms with Gasteiger partial charge in [-0.3, -0.25) is 4.90 Å². The quantitative estimate of drug-likeness (QED) is 0.687. The second-order valence-electron chi connectivity index (χ2n) is 6.21. The molecular weight excluding hydrogens is 280 g/mol. The number of rotatable bonds is 5. The van der Waals surface area contributed by atoms with Gasteiger partial charge >= 0.3 is 0 Å². The highest BCUT2D eigenvalue weighted by molar-refractivity contribution is 5.22. The molecule has 2 heteroatoms. The average Bonchev–Trinajstić information content (AvgIpc) is 2.94. The number of benzene rings is 1. The van der Waals surface area contributed by atoms with Gasteiger partial charge in [-0.15, -0.1) is 0 Å². The molecule has 132 valence electrons. The first kappa shape index (κ1) is 21.9. The summed E-state index contributed by atoms with van der Waals surface area (Å²) in [6.45, 7) is 12.4. The van der Waals surface area contributed by atoms with Crippen LogP contribution in [0.5, 0.6) is 0 Å². The maximum Gasteiger partial charge on any atom is 0.0363 e. The van der Waals surface area contributed by atoms with E-state index in [9.17, 15) is 0 Å². The number of likely N-dealkylation sites (N-methyl/N-ethyl adjacent to an activating group) is 2. The Bertz CT molecular complexity index is 436. The van der Waals surface area contributed by atoms with E-state index in [0.717, 1.165) is 13.1 Å². The Hall–Kier alpha value is -1.12. The van der Waals surface area contributed by atoms with E-state index in [1.54, 1.807) is 5.57 Å². The Morgan fingerprint density at radius 3 is 1.96 bits per heavy atom. The fraction of sp³-hybridized carbons (Fsp3) is 0.619. The molecule has 0 N–H and O–H groups in total. The van der Waals surface area contributed by atoms with Crippen LogP contribution in [0.25, 0.3) is 0 Å². The lowest BCUT2D eigenvalue weighted by atomic mass is 10.0. The predicted molar refractivity (Wildman–Crippen MR) is 105 cm³/mol. The van der Waals surface area contributed by atoms with Gasteiger partial charge in [-0.05, 0) is 46.5 Å². The van der Waals surface area contributed by atoms with Gasteiger partial charge in [0.15, 0.2) is 0 Å². The SMILES string of the molecule is CC.CC.CN(CC1=CC(C)(N(C)C)CC1)Cc1ccccc1. The maximum absolute atomic E-state index is 2.47. The third kappa shape index (κ3) is 7.32. The van der Waals surface area contributed by atoms with Gasteiger partial charge in [-0.1, -0.05) is 69.7 Å². The summed E-state index contributed by atoms with van der Waals surface area (Å²) in [6.07, 6.45) is 4.94. The molecule has 1 aromatic carbocycles. The van der Waals surface area contributed by atoms with Crippen LogP contribution < -0.4 is 0 Å². The molecule has 0 radical (unpaired) electrons. The Morgan fingerprint density at radius 2 is 1.48 bits per heavy atom. The molecule has 1 atom stereocenters. The van der Waals surface area contributed by atoms with Crippen LogP contribution >= 0.6 is 0 Å². The van der Waals surface area contributed by atoms with Gasteiger partial charge in [-0.25, -0.2) is 0 Å². The molecule has 2 rings (SSSR count). The lowest BCUT2D eigenvalue weighted by Gasteiger charge is -2.30. The molecule has 1 aromatic rings. The van der Waals surface area contributed by atoms with Gasteiger partial charge in [-0.2, -0.15) is 0 Å². The van der Waals surface area contributed by atoms with E-state index >= 15 is 0 Å². The molecule has 0 bridgehead atoms. The zero-order valence-electron chi connectivity index (χ0n) is 16.7. The molecule has 1 aliphatic carbocycles. The average molecular weight is 319 g/mol. The van der Waals surface area contributed by atoms with Crippen molar-refractivity contribution in [3.8, 4) is 0 Å². The molecule has 0 aliphatic heterocycles. The number of nitrogens with zero attached hydrogens (tertiary/aromatic N) is 2. The molecule has 1 unspecified atom stereocenters. The largest absolute Gasteiger partial charge is 0.301 e.